The van der Waals surface area contributed by atoms with Crippen LogP contribution in [0.2, 0.25) is 5.02 Å². The number of thioether (sulfide) groups is 1. The van der Waals surface area contributed by atoms with Gasteiger partial charge in [0.15, 0.2) is 5.17 Å². The number of amidine groups is 1. The van der Waals surface area contributed by atoms with Crippen molar-refractivity contribution in [3.8, 4) is 0 Å². The first-order valence-corrected chi connectivity index (χ1v) is 9.30. The van der Waals surface area contributed by atoms with Crippen molar-refractivity contribution in [3.05, 3.63) is 59.4 Å². The van der Waals surface area contributed by atoms with Gasteiger partial charge in [-0.2, -0.15) is 4.99 Å². The Balaban J connectivity index is 1.72. The number of carbonyl (C=O) groups excluding carboxylic acids is 1. The van der Waals surface area contributed by atoms with Crippen molar-refractivity contribution in [1.82, 2.24) is 9.97 Å². The fourth-order valence-electron chi connectivity index (χ4n) is 2.84. The van der Waals surface area contributed by atoms with Gasteiger partial charge in [-0.15, -0.1) is 0 Å². The normalized spacial score (nSPS) is 16.5. The maximum absolute atomic E-state index is 12.8. The molecule has 4 rings (SSSR count). The van der Waals surface area contributed by atoms with E-state index in [2.05, 4.69) is 15.0 Å². The Morgan fingerprint density at radius 3 is 3.04 bits per heavy atom. The van der Waals surface area contributed by atoms with Gasteiger partial charge in [0.2, 0.25) is 0 Å². The Kier molecular flexibility index (Phi) is 4.46. The van der Waals surface area contributed by atoms with Crippen molar-refractivity contribution in [3.63, 3.8) is 0 Å². The van der Waals surface area contributed by atoms with Crippen molar-refractivity contribution in [2.24, 2.45) is 4.99 Å². The third-order valence-electron chi connectivity index (χ3n) is 4.02. The van der Waals surface area contributed by atoms with Crippen molar-refractivity contribution >= 4 is 51.2 Å². The van der Waals surface area contributed by atoms with Crippen LogP contribution in [-0.4, -0.2) is 33.3 Å². The zero-order valence-corrected chi connectivity index (χ0v) is 14.8. The molecule has 1 aliphatic rings. The number of halogens is 1. The molecule has 2 aromatic heterocycles. The minimum absolute atomic E-state index is 0.270. The maximum Gasteiger partial charge on any atom is 0.280 e. The first-order valence-electron chi connectivity index (χ1n) is 7.94. The number of nitrogens with zero attached hydrogens (tertiary/aromatic N) is 3. The first-order chi connectivity index (χ1) is 12.2. The second-order valence-corrected chi connectivity index (χ2v) is 7.07. The zero-order chi connectivity index (χ0) is 17.2. The van der Waals surface area contributed by atoms with E-state index in [1.165, 1.54) is 0 Å². The molecule has 25 heavy (non-hydrogen) atoms. The van der Waals surface area contributed by atoms with E-state index in [4.69, 9.17) is 11.6 Å². The molecule has 0 aliphatic carbocycles. The fourth-order valence-corrected chi connectivity index (χ4v) is 4.03. The molecular weight excluding hydrogens is 356 g/mol. The summed E-state index contributed by atoms with van der Waals surface area (Å²) in [5.74, 6) is 0.664. The van der Waals surface area contributed by atoms with Crippen LogP contribution in [-0.2, 0) is 0 Å². The highest BCUT2D eigenvalue weighted by Crippen LogP contribution is 2.31. The number of fused-ring (bicyclic) bond motifs is 1. The lowest BCUT2D eigenvalue weighted by Gasteiger charge is -2.30. The molecule has 0 radical (unpaired) electrons. The fraction of sp³-hybridized carbons (Fsp3) is 0.167. The maximum atomic E-state index is 12.8. The third kappa shape index (κ3) is 3.15. The van der Waals surface area contributed by atoms with Crippen molar-refractivity contribution in [2.75, 3.05) is 17.2 Å². The van der Waals surface area contributed by atoms with Gasteiger partial charge in [0.1, 0.15) is 5.65 Å². The van der Waals surface area contributed by atoms with Crippen molar-refractivity contribution < 1.29 is 4.79 Å². The van der Waals surface area contributed by atoms with Gasteiger partial charge in [-0.05, 0) is 30.7 Å². The van der Waals surface area contributed by atoms with Gasteiger partial charge < -0.3 is 9.88 Å². The second-order valence-electron chi connectivity index (χ2n) is 5.60. The SMILES string of the molecule is O=C(N=C1SCCCN1c1ccccc1Cl)c1ccnc2[nH]ccc12. The summed E-state index contributed by atoms with van der Waals surface area (Å²) in [5.41, 5.74) is 2.11. The Labute approximate surface area is 154 Å². The van der Waals surface area contributed by atoms with E-state index in [0.29, 0.717) is 21.4 Å². The molecule has 3 heterocycles. The molecule has 7 heteroatoms. The molecule has 3 aromatic rings. The van der Waals surface area contributed by atoms with Gasteiger partial charge in [-0.3, -0.25) is 4.79 Å². The number of anilines is 1. The van der Waals surface area contributed by atoms with Crippen molar-refractivity contribution in [2.45, 2.75) is 6.42 Å². The van der Waals surface area contributed by atoms with Gasteiger partial charge in [-0.1, -0.05) is 35.5 Å². The number of aromatic amines is 1. The van der Waals surface area contributed by atoms with Crippen LogP contribution in [0.1, 0.15) is 16.8 Å². The lowest BCUT2D eigenvalue weighted by atomic mass is 10.2. The predicted octanol–water partition coefficient (Wildman–Crippen LogP) is 4.36. The molecule has 1 fully saturated rings. The number of amides is 1. The number of pyridine rings is 1. The lowest BCUT2D eigenvalue weighted by Crippen LogP contribution is -2.34. The van der Waals surface area contributed by atoms with E-state index >= 15 is 0 Å². The molecule has 0 unspecified atom stereocenters. The van der Waals surface area contributed by atoms with Crippen LogP contribution in [0.15, 0.2) is 53.8 Å². The minimum Gasteiger partial charge on any atom is -0.346 e. The van der Waals surface area contributed by atoms with Crippen LogP contribution in [0.4, 0.5) is 5.69 Å². The van der Waals surface area contributed by atoms with Crippen LogP contribution in [0.3, 0.4) is 0 Å². The van der Waals surface area contributed by atoms with E-state index in [-0.39, 0.29) is 5.91 Å². The molecule has 1 amide bonds. The number of carbonyl (C=O) groups is 1. The number of hydrogen-bond acceptors (Lipinski definition) is 3. The Morgan fingerprint density at radius 1 is 1.28 bits per heavy atom. The average molecular weight is 371 g/mol. The van der Waals surface area contributed by atoms with Gasteiger partial charge in [-0.25, -0.2) is 4.98 Å². The van der Waals surface area contributed by atoms with E-state index in [0.717, 1.165) is 29.8 Å². The standard InChI is InChI=1S/C18H15ClN4OS/c19-14-4-1-2-5-15(14)23-10-3-11-25-18(23)22-17(24)13-7-9-21-16-12(13)6-8-20-16/h1-2,4-9H,3,10-11H2,(H,20,21). The first kappa shape index (κ1) is 16.2. The summed E-state index contributed by atoms with van der Waals surface area (Å²) in [7, 11) is 0. The van der Waals surface area contributed by atoms with E-state index in [9.17, 15) is 4.79 Å². The molecule has 0 saturated carbocycles. The topological polar surface area (TPSA) is 61.4 Å². The Hall–Kier alpha value is -2.31. The highest BCUT2D eigenvalue weighted by molar-refractivity contribution is 8.14. The van der Waals surface area contributed by atoms with E-state index in [1.54, 1.807) is 30.2 Å². The monoisotopic (exact) mass is 370 g/mol. The van der Waals surface area contributed by atoms with Crippen LogP contribution >= 0.6 is 23.4 Å². The highest BCUT2D eigenvalue weighted by Gasteiger charge is 2.22. The number of para-hydroxylation sites is 1. The number of nitrogens with one attached hydrogen (secondary N) is 1. The predicted molar refractivity (Wildman–Crippen MR) is 104 cm³/mol. The summed E-state index contributed by atoms with van der Waals surface area (Å²) >= 11 is 7.91. The summed E-state index contributed by atoms with van der Waals surface area (Å²) < 4.78 is 0. The van der Waals surface area contributed by atoms with Crippen LogP contribution < -0.4 is 4.90 Å². The Morgan fingerprint density at radius 2 is 2.16 bits per heavy atom. The number of rotatable bonds is 2. The number of hydrogen-bond donors (Lipinski definition) is 1. The van der Waals surface area contributed by atoms with Crippen molar-refractivity contribution in [1.29, 1.82) is 0 Å². The van der Waals surface area contributed by atoms with Gasteiger partial charge in [0, 0.05) is 30.1 Å². The summed E-state index contributed by atoms with van der Waals surface area (Å²) in [4.78, 5) is 26.4. The zero-order valence-electron chi connectivity index (χ0n) is 13.3. The molecule has 5 nitrogen and oxygen atoms in total. The highest BCUT2D eigenvalue weighted by atomic mass is 35.5. The molecular formula is C18H15ClN4OS. The molecule has 0 bridgehead atoms. The van der Waals surface area contributed by atoms with Gasteiger partial charge in [0.25, 0.3) is 5.91 Å². The third-order valence-corrected chi connectivity index (χ3v) is 5.40. The van der Waals surface area contributed by atoms with Crippen LogP contribution in [0, 0.1) is 0 Å². The van der Waals surface area contributed by atoms with Gasteiger partial charge in [0.05, 0.1) is 16.3 Å². The second kappa shape index (κ2) is 6.90. The summed E-state index contributed by atoms with van der Waals surface area (Å²) in [5, 5.41) is 2.12. The Bertz CT molecular complexity index is 968. The van der Waals surface area contributed by atoms with Crippen LogP contribution in [0.5, 0.6) is 0 Å². The summed E-state index contributed by atoms with van der Waals surface area (Å²) in [6.45, 7) is 0.790. The van der Waals surface area contributed by atoms with Crippen LogP contribution in [0.25, 0.3) is 11.0 Å². The number of aliphatic imine (C=N–C) groups is 1. The molecule has 1 aliphatic heterocycles. The molecule has 126 valence electrons. The summed E-state index contributed by atoms with van der Waals surface area (Å²) in [6, 6.07) is 11.2. The van der Waals surface area contributed by atoms with E-state index < -0.39 is 0 Å². The number of benzene rings is 1. The molecule has 1 saturated heterocycles. The molecule has 1 N–H and O–H groups in total. The average Bonchev–Trinajstić information content (AvgIpc) is 3.11. The molecule has 1 aromatic carbocycles. The number of aromatic nitrogens is 2. The summed E-state index contributed by atoms with van der Waals surface area (Å²) in [6.07, 6.45) is 4.40. The molecule has 0 spiro atoms. The minimum atomic E-state index is -0.270. The number of H-pyrrole nitrogens is 1. The van der Waals surface area contributed by atoms with E-state index in [1.807, 2.05) is 35.2 Å². The molecule has 0 atom stereocenters. The smallest absolute Gasteiger partial charge is 0.280 e. The largest absolute Gasteiger partial charge is 0.346 e. The van der Waals surface area contributed by atoms with Gasteiger partial charge >= 0.3 is 0 Å². The lowest BCUT2D eigenvalue weighted by molar-refractivity contribution is 0.100. The quantitative estimate of drug-likeness (QED) is 0.728.